The molecule has 1 saturated heterocycles. The van der Waals surface area contributed by atoms with Crippen molar-refractivity contribution in [3.8, 4) is 0 Å². The normalized spacial score (nSPS) is 16.7. The number of nitrogens with two attached hydrogens (primary N) is 1. The molecule has 0 radical (unpaired) electrons. The third-order valence-corrected chi connectivity index (χ3v) is 6.61. The van der Waals surface area contributed by atoms with Crippen molar-refractivity contribution >= 4 is 33.4 Å². The standard InChI is InChI=1S/C18H19ClN4O4S/c19-15-1-3-16(4-2-15)28(25,26)23-11-7-14(8-12-23)18(24)27-22-17(20)13-5-9-21-10-6-13/h1-6,9-10,14H,7-8,11-12H2,(H2,20,22). The monoisotopic (exact) mass is 422 g/mol. The molecule has 0 saturated carbocycles. The fourth-order valence-corrected chi connectivity index (χ4v) is 4.43. The lowest BCUT2D eigenvalue weighted by molar-refractivity contribution is -0.149. The number of carbonyl (C=O) groups is 1. The first-order chi connectivity index (χ1) is 13.4. The van der Waals surface area contributed by atoms with E-state index < -0.39 is 21.9 Å². The first kappa shape index (κ1) is 20.2. The number of amidine groups is 1. The number of pyridine rings is 1. The minimum absolute atomic E-state index is 0.0681. The quantitative estimate of drug-likeness (QED) is 0.341. The van der Waals surface area contributed by atoms with Gasteiger partial charge >= 0.3 is 5.97 Å². The van der Waals surface area contributed by atoms with E-state index in [1.54, 1.807) is 24.5 Å². The molecule has 1 aliphatic heterocycles. The Bertz CT molecular complexity index is 957. The molecule has 1 aliphatic rings. The molecular formula is C18H19ClN4O4S. The fourth-order valence-electron chi connectivity index (χ4n) is 2.83. The van der Waals surface area contributed by atoms with Crippen LogP contribution in [0, 0.1) is 5.92 Å². The third kappa shape index (κ3) is 4.67. The Labute approximate surface area is 168 Å². The molecule has 0 atom stereocenters. The van der Waals surface area contributed by atoms with Gasteiger partial charge in [0.2, 0.25) is 10.0 Å². The minimum atomic E-state index is -3.62. The Hall–Kier alpha value is -2.49. The summed E-state index contributed by atoms with van der Waals surface area (Å²) >= 11 is 5.81. The number of hydrogen-bond acceptors (Lipinski definition) is 6. The zero-order chi connectivity index (χ0) is 20.1. The number of aromatic nitrogens is 1. The van der Waals surface area contributed by atoms with Crippen LogP contribution < -0.4 is 5.73 Å². The van der Waals surface area contributed by atoms with Gasteiger partial charge in [0, 0.05) is 36.1 Å². The van der Waals surface area contributed by atoms with Crippen molar-refractivity contribution in [2.45, 2.75) is 17.7 Å². The van der Waals surface area contributed by atoms with Crippen molar-refractivity contribution in [1.82, 2.24) is 9.29 Å². The number of piperidine rings is 1. The first-order valence-electron chi connectivity index (χ1n) is 8.58. The summed E-state index contributed by atoms with van der Waals surface area (Å²) in [6, 6.07) is 9.29. The summed E-state index contributed by atoms with van der Waals surface area (Å²) in [4.78, 5) is 21.2. The van der Waals surface area contributed by atoms with Crippen molar-refractivity contribution in [2.75, 3.05) is 13.1 Å². The van der Waals surface area contributed by atoms with Crippen LogP contribution in [-0.2, 0) is 19.7 Å². The predicted octanol–water partition coefficient (Wildman–Crippen LogP) is 2.00. The van der Waals surface area contributed by atoms with Crippen molar-refractivity contribution in [2.24, 2.45) is 16.8 Å². The Morgan fingerprint density at radius 1 is 1.14 bits per heavy atom. The van der Waals surface area contributed by atoms with Crippen LogP contribution >= 0.6 is 11.6 Å². The Balaban J connectivity index is 1.57. The first-order valence-corrected chi connectivity index (χ1v) is 10.4. The smallest absolute Gasteiger partial charge is 0.338 e. The van der Waals surface area contributed by atoms with E-state index in [1.165, 1.54) is 28.6 Å². The number of carbonyl (C=O) groups excluding carboxylic acids is 1. The summed E-state index contributed by atoms with van der Waals surface area (Å²) in [5, 5.41) is 4.13. The highest BCUT2D eigenvalue weighted by molar-refractivity contribution is 7.89. The van der Waals surface area contributed by atoms with E-state index in [0.29, 0.717) is 23.4 Å². The van der Waals surface area contributed by atoms with Crippen molar-refractivity contribution in [3.05, 3.63) is 59.4 Å². The molecule has 148 valence electrons. The summed E-state index contributed by atoms with van der Waals surface area (Å²) in [6.07, 6.45) is 3.79. The van der Waals surface area contributed by atoms with Gasteiger partial charge in [0.25, 0.3) is 0 Å². The molecule has 2 heterocycles. The van der Waals surface area contributed by atoms with E-state index in [2.05, 4.69) is 10.1 Å². The Morgan fingerprint density at radius 2 is 1.75 bits per heavy atom. The van der Waals surface area contributed by atoms with Crippen LogP contribution in [0.25, 0.3) is 0 Å². The van der Waals surface area contributed by atoms with Gasteiger partial charge in [-0.2, -0.15) is 4.31 Å². The van der Waals surface area contributed by atoms with Crippen LogP contribution in [0.15, 0.2) is 58.8 Å². The van der Waals surface area contributed by atoms with E-state index >= 15 is 0 Å². The van der Waals surface area contributed by atoms with E-state index in [4.69, 9.17) is 22.2 Å². The van der Waals surface area contributed by atoms with E-state index in [9.17, 15) is 13.2 Å². The Morgan fingerprint density at radius 3 is 2.36 bits per heavy atom. The number of nitrogens with zero attached hydrogens (tertiary/aromatic N) is 3. The zero-order valence-corrected chi connectivity index (χ0v) is 16.4. The largest absolute Gasteiger partial charge is 0.380 e. The van der Waals surface area contributed by atoms with Crippen LogP contribution in [0.4, 0.5) is 0 Å². The number of halogens is 1. The molecule has 0 aliphatic carbocycles. The van der Waals surface area contributed by atoms with Gasteiger partial charge in [0.1, 0.15) is 0 Å². The van der Waals surface area contributed by atoms with E-state index in [-0.39, 0.29) is 23.8 Å². The molecule has 2 N–H and O–H groups in total. The van der Waals surface area contributed by atoms with Gasteiger partial charge in [0.05, 0.1) is 10.8 Å². The van der Waals surface area contributed by atoms with Crippen LogP contribution in [0.5, 0.6) is 0 Å². The maximum Gasteiger partial charge on any atom is 0.338 e. The molecule has 2 aromatic rings. The molecule has 8 nitrogen and oxygen atoms in total. The summed E-state index contributed by atoms with van der Waals surface area (Å²) in [5.41, 5.74) is 6.36. The topological polar surface area (TPSA) is 115 Å². The van der Waals surface area contributed by atoms with Crippen LogP contribution in [0.3, 0.4) is 0 Å². The van der Waals surface area contributed by atoms with Crippen molar-refractivity contribution in [1.29, 1.82) is 0 Å². The molecule has 0 amide bonds. The second-order valence-electron chi connectivity index (χ2n) is 6.26. The molecule has 0 unspecified atom stereocenters. The highest BCUT2D eigenvalue weighted by atomic mass is 35.5. The molecule has 1 fully saturated rings. The van der Waals surface area contributed by atoms with Crippen molar-refractivity contribution in [3.63, 3.8) is 0 Å². The number of oxime groups is 1. The lowest BCUT2D eigenvalue weighted by Gasteiger charge is -2.29. The molecule has 10 heteroatoms. The molecule has 1 aromatic carbocycles. The third-order valence-electron chi connectivity index (χ3n) is 4.45. The zero-order valence-electron chi connectivity index (χ0n) is 14.9. The maximum atomic E-state index is 12.7. The van der Waals surface area contributed by atoms with Gasteiger partial charge in [-0.25, -0.2) is 13.2 Å². The second kappa shape index (κ2) is 8.68. The molecule has 0 spiro atoms. The van der Waals surface area contributed by atoms with Gasteiger partial charge in [-0.3, -0.25) is 4.98 Å². The minimum Gasteiger partial charge on any atom is -0.380 e. The second-order valence-corrected chi connectivity index (χ2v) is 8.63. The lowest BCUT2D eigenvalue weighted by atomic mass is 9.99. The summed E-state index contributed by atoms with van der Waals surface area (Å²) in [5.74, 6) is -0.898. The summed E-state index contributed by atoms with van der Waals surface area (Å²) < 4.78 is 26.7. The van der Waals surface area contributed by atoms with Crippen LogP contribution in [0.2, 0.25) is 5.02 Å². The van der Waals surface area contributed by atoms with E-state index in [1.807, 2.05) is 0 Å². The average molecular weight is 423 g/mol. The molecular weight excluding hydrogens is 404 g/mol. The van der Waals surface area contributed by atoms with Gasteiger partial charge in [-0.05, 0) is 49.2 Å². The summed E-state index contributed by atoms with van der Waals surface area (Å²) in [7, 11) is -3.62. The predicted molar refractivity (Wildman–Crippen MR) is 104 cm³/mol. The molecule has 28 heavy (non-hydrogen) atoms. The van der Waals surface area contributed by atoms with Gasteiger partial charge in [-0.1, -0.05) is 16.8 Å². The fraction of sp³-hybridized carbons (Fsp3) is 0.278. The maximum absolute atomic E-state index is 12.7. The number of benzene rings is 1. The summed E-state index contributed by atoms with van der Waals surface area (Å²) in [6.45, 7) is 0.433. The van der Waals surface area contributed by atoms with Crippen LogP contribution in [0.1, 0.15) is 18.4 Å². The van der Waals surface area contributed by atoms with E-state index in [0.717, 1.165) is 0 Å². The lowest BCUT2D eigenvalue weighted by Crippen LogP contribution is -2.40. The molecule has 3 rings (SSSR count). The Kier molecular flexibility index (Phi) is 6.28. The molecule has 0 bridgehead atoms. The number of rotatable bonds is 5. The van der Waals surface area contributed by atoms with Gasteiger partial charge in [-0.15, -0.1) is 0 Å². The van der Waals surface area contributed by atoms with Gasteiger partial charge < -0.3 is 10.6 Å². The SMILES string of the molecule is NC(=NOC(=O)C1CCN(S(=O)(=O)c2ccc(Cl)cc2)CC1)c1ccncc1. The number of sulfonamides is 1. The average Bonchev–Trinajstić information content (AvgIpc) is 2.73. The van der Waals surface area contributed by atoms with Gasteiger partial charge in [0.15, 0.2) is 5.84 Å². The highest BCUT2D eigenvalue weighted by Crippen LogP contribution is 2.25. The number of hydrogen-bond donors (Lipinski definition) is 1. The van der Waals surface area contributed by atoms with Crippen molar-refractivity contribution < 1.29 is 18.0 Å². The molecule has 1 aromatic heterocycles. The highest BCUT2D eigenvalue weighted by Gasteiger charge is 2.33. The van der Waals surface area contributed by atoms with Crippen LogP contribution in [-0.4, -0.2) is 42.6 Å².